The van der Waals surface area contributed by atoms with Gasteiger partial charge in [0.05, 0.1) is 4.92 Å². The molecule has 0 aliphatic heterocycles. The highest BCUT2D eigenvalue weighted by Gasteiger charge is 2.11. The summed E-state index contributed by atoms with van der Waals surface area (Å²) in [6, 6.07) is 12.6. The zero-order chi connectivity index (χ0) is 15.4. The van der Waals surface area contributed by atoms with E-state index in [0.717, 1.165) is 16.7 Å². The van der Waals surface area contributed by atoms with E-state index < -0.39 is 0 Å². The molecule has 0 aromatic heterocycles. The van der Waals surface area contributed by atoms with Crippen LogP contribution >= 0.6 is 11.6 Å². The van der Waals surface area contributed by atoms with Crippen molar-refractivity contribution in [2.24, 2.45) is 0 Å². The van der Waals surface area contributed by atoms with Gasteiger partial charge in [-0.15, -0.1) is 0 Å². The molecule has 2 rings (SSSR count). The molecule has 0 saturated heterocycles. The van der Waals surface area contributed by atoms with Crippen LogP contribution in [0.2, 0.25) is 5.02 Å². The standard InChI is InChI=1S/C16H17ClN2O2/c1-11(2)18-10-13-6-7-14(17)9-16(13)12-4-3-5-15(8-12)19(20)21/h3-9,11,18H,10H2,1-2H3. The van der Waals surface area contributed by atoms with Crippen molar-refractivity contribution in [3.8, 4) is 11.1 Å². The highest BCUT2D eigenvalue weighted by molar-refractivity contribution is 6.30. The van der Waals surface area contributed by atoms with Gasteiger partial charge in [-0.2, -0.15) is 0 Å². The predicted molar refractivity (Wildman–Crippen MR) is 85.5 cm³/mol. The molecule has 0 aliphatic rings. The number of nitro benzene ring substituents is 1. The highest BCUT2D eigenvalue weighted by atomic mass is 35.5. The van der Waals surface area contributed by atoms with E-state index in [-0.39, 0.29) is 10.6 Å². The van der Waals surface area contributed by atoms with E-state index in [1.54, 1.807) is 12.1 Å². The van der Waals surface area contributed by atoms with Gasteiger partial charge < -0.3 is 5.32 Å². The van der Waals surface area contributed by atoms with Crippen molar-refractivity contribution in [1.82, 2.24) is 5.32 Å². The van der Waals surface area contributed by atoms with Crippen molar-refractivity contribution in [3.05, 3.63) is 63.2 Å². The van der Waals surface area contributed by atoms with E-state index in [1.807, 2.05) is 24.3 Å². The normalized spacial score (nSPS) is 10.9. The zero-order valence-electron chi connectivity index (χ0n) is 12.0. The molecule has 21 heavy (non-hydrogen) atoms. The molecule has 1 N–H and O–H groups in total. The third-order valence-electron chi connectivity index (χ3n) is 3.14. The fourth-order valence-corrected chi connectivity index (χ4v) is 2.24. The lowest BCUT2D eigenvalue weighted by Crippen LogP contribution is -2.22. The van der Waals surface area contributed by atoms with E-state index >= 15 is 0 Å². The molecule has 5 heteroatoms. The van der Waals surface area contributed by atoms with Gasteiger partial charge >= 0.3 is 0 Å². The van der Waals surface area contributed by atoms with Gasteiger partial charge in [-0.1, -0.05) is 43.6 Å². The van der Waals surface area contributed by atoms with Crippen LogP contribution in [0, 0.1) is 10.1 Å². The quantitative estimate of drug-likeness (QED) is 0.657. The summed E-state index contributed by atoms with van der Waals surface area (Å²) < 4.78 is 0. The Morgan fingerprint density at radius 2 is 2.00 bits per heavy atom. The molecule has 0 radical (unpaired) electrons. The molecular formula is C16H17ClN2O2. The van der Waals surface area contributed by atoms with Gasteiger partial charge in [0, 0.05) is 29.7 Å². The third kappa shape index (κ3) is 4.03. The third-order valence-corrected chi connectivity index (χ3v) is 3.38. The minimum Gasteiger partial charge on any atom is -0.310 e. The van der Waals surface area contributed by atoms with Crippen LogP contribution in [-0.2, 0) is 6.54 Å². The fraction of sp³-hybridized carbons (Fsp3) is 0.250. The number of nitrogens with one attached hydrogen (secondary N) is 1. The summed E-state index contributed by atoms with van der Waals surface area (Å²) in [5.74, 6) is 0. The summed E-state index contributed by atoms with van der Waals surface area (Å²) in [4.78, 5) is 10.5. The van der Waals surface area contributed by atoms with Gasteiger partial charge in [0.2, 0.25) is 0 Å². The monoisotopic (exact) mass is 304 g/mol. The number of nitrogens with zero attached hydrogens (tertiary/aromatic N) is 1. The maximum Gasteiger partial charge on any atom is 0.270 e. The van der Waals surface area contributed by atoms with Gasteiger partial charge in [-0.05, 0) is 28.8 Å². The molecule has 0 bridgehead atoms. The van der Waals surface area contributed by atoms with Crippen molar-refractivity contribution in [1.29, 1.82) is 0 Å². The summed E-state index contributed by atoms with van der Waals surface area (Å²) in [7, 11) is 0. The molecule has 2 aromatic carbocycles. The van der Waals surface area contributed by atoms with Crippen molar-refractivity contribution < 1.29 is 4.92 Å². The molecule has 0 saturated carbocycles. The zero-order valence-corrected chi connectivity index (χ0v) is 12.7. The second-order valence-corrected chi connectivity index (χ2v) is 5.58. The number of hydrogen-bond acceptors (Lipinski definition) is 3. The smallest absolute Gasteiger partial charge is 0.270 e. The van der Waals surface area contributed by atoms with E-state index in [9.17, 15) is 10.1 Å². The lowest BCUT2D eigenvalue weighted by atomic mass is 9.99. The van der Waals surface area contributed by atoms with Crippen LogP contribution in [0.1, 0.15) is 19.4 Å². The van der Waals surface area contributed by atoms with Crippen LogP contribution in [0.5, 0.6) is 0 Å². The van der Waals surface area contributed by atoms with Crippen LogP contribution < -0.4 is 5.32 Å². The Morgan fingerprint density at radius 3 is 2.67 bits per heavy atom. The molecule has 0 aliphatic carbocycles. The summed E-state index contributed by atoms with van der Waals surface area (Å²) in [6.07, 6.45) is 0. The van der Waals surface area contributed by atoms with Crippen molar-refractivity contribution >= 4 is 17.3 Å². The molecule has 0 fully saturated rings. The number of nitro groups is 1. The Labute approximate surface area is 128 Å². The van der Waals surface area contributed by atoms with Crippen molar-refractivity contribution in [2.75, 3.05) is 0 Å². The van der Waals surface area contributed by atoms with Crippen LogP contribution in [0.3, 0.4) is 0 Å². The number of rotatable bonds is 5. The minimum absolute atomic E-state index is 0.0789. The first-order valence-corrected chi connectivity index (χ1v) is 7.12. The van der Waals surface area contributed by atoms with Gasteiger partial charge in [0.1, 0.15) is 0 Å². The molecule has 110 valence electrons. The largest absolute Gasteiger partial charge is 0.310 e. The van der Waals surface area contributed by atoms with Crippen molar-refractivity contribution in [2.45, 2.75) is 26.4 Å². The molecule has 0 unspecified atom stereocenters. The van der Waals surface area contributed by atoms with Crippen LogP contribution in [0.25, 0.3) is 11.1 Å². The number of non-ortho nitro benzene ring substituents is 1. The molecule has 0 atom stereocenters. The number of benzene rings is 2. The second-order valence-electron chi connectivity index (χ2n) is 5.14. The summed E-state index contributed by atoms with van der Waals surface area (Å²) in [6.45, 7) is 4.83. The van der Waals surface area contributed by atoms with E-state index in [2.05, 4.69) is 19.2 Å². The molecule has 2 aromatic rings. The Bertz CT molecular complexity index is 656. The van der Waals surface area contributed by atoms with Gasteiger partial charge in [-0.3, -0.25) is 10.1 Å². The van der Waals surface area contributed by atoms with Gasteiger partial charge in [0.25, 0.3) is 5.69 Å². The predicted octanol–water partition coefficient (Wildman–Crippen LogP) is 4.41. The Morgan fingerprint density at radius 1 is 1.24 bits per heavy atom. The topological polar surface area (TPSA) is 55.2 Å². The molecule has 0 spiro atoms. The Balaban J connectivity index is 2.43. The second kappa shape index (κ2) is 6.70. The maximum absolute atomic E-state index is 10.9. The van der Waals surface area contributed by atoms with Crippen LogP contribution in [0.15, 0.2) is 42.5 Å². The fourth-order valence-electron chi connectivity index (χ4n) is 2.07. The number of halogens is 1. The molecule has 0 amide bonds. The average Bonchev–Trinajstić information content (AvgIpc) is 2.46. The lowest BCUT2D eigenvalue weighted by Gasteiger charge is -2.13. The highest BCUT2D eigenvalue weighted by Crippen LogP contribution is 2.29. The number of hydrogen-bond donors (Lipinski definition) is 1. The van der Waals surface area contributed by atoms with Crippen LogP contribution in [-0.4, -0.2) is 11.0 Å². The first kappa shape index (κ1) is 15.5. The first-order valence-electron chi connectivity index (χ1n) is 6.74. The van der Waals surface area contributed by atoms with Gasteiger partial charge in [-0.25, -0.2) is 0 Å². The van der Waals surface area contributed by atoms with Crippen molar-refractivity contribution in [3.63, 3.8) is 0 Å². The lowest BCUT2D eigenvalue weighted by molar-refractivity contribution is -0.384. The minimum atomic E-state index is -0.389. The molecule has 4 nitrogen and oxygen atoms in total. The van der Waals surface area contributed by atoms with E-state index in [0.29, 0.717) is 17.6 Å². The van der Waals surface area contributed by atoms with Gasteiger partial charge in [0.15, 0.2) is 0 Å². The molecule has 0 heterocycles. The Kier molecular flexibility index (Phi) is 4.94. The maximum atomic E-state index is 10.9. The summed E-state index contributed by atoms with van der Waals surface area (Å²) in [5.41, 5.74) is 2.86. The average molecular weight is 305 g/mol. The van der Waals surface area contributed by atoms with E-state index in [1.165, 1.54) is 6.07 Å². The SMILES string of the molecule is CC(C)NCc1ccc(Cl)cc1-c1cccc([N+](=O)[O-])c1. The summed E-state index contributed by atoms with van der Waals surface area (Å²) in [5, 5.41) is 14.9. The molecular weight excluding hydrogens is 288 g/mol. The Hall–Kier alpha value is -1.91. The first-order chi connectivity index (χ1) is 9.97. The summed E-state index contributed by atoms with van der Waals surface area (Å²) >= 11 is 6.08. The van der Waals surface area contributed by atoms with E-state index in [4.69, 9.17) is 11.6 Å². The van der Waals surface area contributed by atoms with Crippen LogP contribution in [0.4, 0.5) is 5.69 Å².